The lowest BCUT2D eigenvalue weighted by Crippen LogP contribution is -2.28. The number of aliphatic hydroxyl groups excluding tert-OH is 1. The van der Waals surface area contributed by atoms with Gasteiger partial charge in [-0.2, -0.15) is 0 Å². The fraction of sp³-hybridized carbons (Fsp3) is 0.429. The van der Waals surface area contributed by atoms with E-state index in [1.54, 1.807) is 0 Å². The van der Waals surface area contributed by atoms with Gasteiger partial charge in [0.15, 0.2) is 0 Å². The maximum Gasteiger partial charge on any atom is 0.0832 e. The summed E-state index contributed by atoms with van der Waals surface area (Å²) < 4.78 is 0. The van der Waals surface area contributed by atoms with Crippen LogP contribution in [0.2, 0.25) is 0 Å². The molecule has 0 radical (unpaired) electrons. The molecular formula is C14H19NO. The Hall–Kier alpha value is -1.28. The van der Waals surface area contributed by atoms with E-state index in [9.17, 15) is 5.11 Å². The summed E-state index contributed by atoms with van der Waals surface area (Å²) in [6, 6.07) is 8.39. The van der Waals surface area contributed by atoms with Crippen LogP contribution in [0.25, 0.3) is 5.57 Å². The summed E-state index contributed by atoms with van der Waals surface area (Å²) in [4.78, 5) is 0. The number of aliphatic hydroxyl groups is 1. The van der Waals surface area contributed by atoms with Crippen molar-refractivity contribution in [3.63, 3.8) is 0 Å². The number of nitrogens with one attached hydrogen (secondary N) is 1. The lowest BCUT2D eigenvalue weighted by atomic mass is 9.86. The summed E-state index contributed by atoms with van der Waals surface area (Å²) in [5, 5.41) is 12.8. The smallest absolute Gasteiger partial charge is 0.0832 e. The maximum absolute atomic E-state index is 9.42. The van der Waals surface area contributed by atoms with Gasteiger partial charge in [-0.05, 0) is 49.9 Å². The summed E-state index contributed by atoms with van der Waals surface area (Å²) >= 11 is 0. The number of hydrogen-bond donors (Lipinski definition) is 2. The topological polar surface area (TPSA) is 32.3 Å². The highest BCUT2D eigenvalue weighted by Crippen LogP contribution is 2.29. The molecule has 0 saturated carbocycles. The van der Waals surface area contributed by atoms with Gasteiger partial charge in [0.1, 0.15) is 0 Å². The maximum atomic E-state index is 9.42. The van der Waals surface area contributed by atoms with E-state index in [0.29, 0.717) is 5.92 Å². The summed E-state index contributed by atoms with van der Waals surface area (Å²) in [7, 11) is 0. The molecule has 1 aromatic rings. The highest BCUT2D eigenvalue weighted by Gasteiger charge is 2.18. The Kier molecular flexibility index (Phi) is 3.62. The molecule has 1 saturated heterocycles. The summed E-state index contributed by atoms with van der Waals surface area (Å²) in [6.45, 7) is 4.18. The standard InChI is InChI=1S/C14H19NO/c1-11-2-4-12(5-3-11)14(10-16)13-6-8-15-9-7-13/h2-5,10,13,15-16H,6-9H2,1H3. The molecule has 86 valence electrons. The van der Waals surface area contributed by atoms with Crippen LogP contribution in [0.3, 0.4) is 0 Å². The van der Waals surface area contributed by atoms with Crippen LogP contribution in [0.4, 0.5) is 0 Å². The third kappa shape index (κ3) is 2.45. The van der Waals surface area contributed by atoms with Crippen molar-refractivity contribution in [3.05, 3.63) is 41.7 Å². The van der Waals surface area contributed by atoms with Gasteiger partial charge < -0.3 is 10.4 Å². The Morgan fingerprint density at radius 3 is 2.44 bits per heavy atom. The van der Waals surface area contributed by atoms with Crippen molar-refractivity contribution in [1.29, 1.82) is 0 Å². The number of aryl methyl sites for hydroxylation is 1. The highest BCUT2D eigenvalue weighted by atomic mass is 16.2. The minimum atomic E-state index is 0.494. The lowest BCUT2D eigenvalue weighted by molar-refractivity contribution is 0.427. The van der Waals surface area contributed by atoms with E-state index >= 15 is 0 Å². The van der Waals surface area contributed by atoms with E-state index in [2.05, 4.69) is 36.5 Å². The summed E-state index contributed by atoms with van der Waals surface area (Å²) in [5.41, 5.74) is 3.49. The fourth-order valence-electron chi connectivity index (χ4n) is 2.29. The van der Waals surface area contributed by atoms with E-state index in [4.69, 9.17) is 0 Å². The molecule has 16 heavy (non-hydrogen) atoms. The van der Waals surface area contributed by atoms with Gasteiger partial charge >= 0.3 is 0 Å². The Morgan fingerprint density at radius 2 is 1.88 bits per heavy atom. The van der Waals surface area contributed by atoms with E-state index in [-0.39, 0.29) is 0 Å². The summed E-state index contributed by atoms with van der Waals surface area (Å²) in [6.07, 6.45) is 3.52. The second-order valence-corrected chi connectivity index (χ2v) is 4.47. The van der Waals surface area contributed by atoms with Crippen molar-refractivity contribution in [2.24, 2.45) is 5.92 Å². The molecule has 0 spiro atoms. The van der Waals surface area contributed by atoms with Gasteiger partial charge in [0, 0.05) is 0 Å². The first-order valence-electron chi connectivity index (χ1n) is 5.93. The largest absolute Gasteiger partial charge is 0.515 e. The van der Waals surface area contributed by atoms with Gasteiger partial charge in [0.25, 0.3) is 0 Å². The van der Waals surface area contributed by atoms with Gasteiger partial charge in [0.05, 0.1) is 6.26 Å². The van der Waals surface area contributed by atoms with Crippen molar-refractivity contribution in [2.75, 3.05) is 13.1 Å². The summed E-state index contributed by atoms with van der Waals surface area (Å²) in [5.74, 6) is 0.494. The van der Waals surface area contributed by atoms with E-state index in [1.165, 1.54) is 11.8 Å². The molecule has 2 nitrogen and oxygen atoms in total. The second-order valence-electron chi connectivity index (χ2n) is 4.47. The highest BCUT2D eigenvalue weighted by molar-refractivity contribution is 5.66. The molecule has 1 fully saturated rings. The SMILES string of the molecule is Cc1ccc(C(=CO)C2CCNCC2)cc1. The van der Waals surface area contributed by atoms with Gasteiger partial charge in [0.2, 0.25) is 0 Å². The normalized spacial score (nSPS) is 18.7. The van der Waals surface area contributed by atoms with Gasteiger partial charge in [-0.1, -0.05) is 29.8 Å². The molecule has 0 amide bonds. The molecule has 0 aromatic heterocycles. The number of allylic oxidation sites excluding steroid dienone is 1. The predicted molar refractivity (Wildman–Crippen MR) is 67.4 cm³/mol. The zero-order valence-electron chi connectivity index (χ0n) is 9.74. The van der Waals surface area contributed by atoms with E-state index in [1.807, 2.05) is 0 Å². The minimum absolute atomic E-state index is 0.494. The lowest BCUT2D eigenvalue weighted by Gasteiger charge is -2.24. The molecule has 1 aromatic carbocycles. The second kappa shape index (κ2) is 5.17. The molecule has 0 bridgehead atoms. The molecule has 2 rings (SSSR count). The monoisotopic (exact) mass is 217 g/mol. The molecule has 2 N–H and O–H groups in total. The van der Waals surface area contributed by atoms with Gasteiger partial charge in [-0.3, -0.25) is 0 Å². The number of piperidine rings is 1. The van der Waals surface area contributed by atoms with Gasteiger partial charge in [-0.15, -0.1) is 0 Å². The first-order chi connectivity index (χ1) is 7.81. The zero-order chi connectivity index (χ0) is 11.4. The molecule has 0 atom stereocenters. The third-order valence-electron chi connectivity index (χ3n) is 3.30. The predicted octanol–water partition coefficient (Wildman–Crippen LogP) is 2.89. The minimum Gasteiger partial charge on any atom is -0.515 e. The van der Waals surface area contributed by atoms with E-state index < -0.39 is 0 Å². The van der Waals surface area contributed by atoms with Crippen LogP contribution in [0.1, 0.15) is 24.0 Å². The Bertz CT molecular complexity index is 361. The molecule has 1 aliphatic heterocycles. The van der Waals surface area contributed by atoms with Crippen LogP contribution in [0.5, 0.6) is 0 Å². The zero-order valence-corrected chi connectivity index (χ0v) is 9.74. The van der Waals surface area contributed by atoms with Crippen molar-refractivity contribution in [2.45, 2.75) is 19.8 Å². The van der Waals surface area contributed by atoms with Crippen LogP contribution in [-0.2, 0) is 0 Å². The van der Waals surface area contributed by atoms with Crippen molar-refractivity contribution in [3.8, 4) is 0 Å². The fourth-order valence-corrected chi connectivity index (χ4v) is 2.29. The number of hydrogen-bond acceptors (Lipinski definition) is 2. The first-order valence-corrected chi connectivity index (χ1v) is 5.93. The van der Waals surface area contributed by atoms with Gasteiger partial charge in [-0.25, -0.2) is 0 Å². The number of rotatable bonds is 2. The first kappa shape index (κ1) is 11.2. The Labute approximate surface area is 97.0 Å². The average Bonchev–Trinajstić information content (AvgIpc) is 2.34. The quantitative estimate of drug-likeness (QED) is 0.747. The van der Waals surface area contributed by atoms with Crippen LogP contribution >= 0.6 is 0 Å². The van der Waals surface area contributed by atoms with Crippen LogP contribution in [0, 0.1) is 12.8 Å². The third-order valence-corrected chi connectivity index (χ3v) is 3.30. The Balaban J connectivity index is 2.18. The Morgan fingerprint density at radius 1 is 1.25 bits per heavy atom. The average molecular weight is 217 g/mol. The van der Waals surface area contributed by atoms with E-state index in [0.717, 1.165) is 37.1 Å². The van der Waals surface area contributed by atoms with Crippen molar-refractivity contribution < 1.29 is 5.11 Å². The van der Waals surface area contributed by atoms with Crippen LogP contribution in [-0.4, -0.2) is 18.2 Å². The van der Waals surface area contributed by atoms with Crippen LogP contribution in [0.15, 0.2) is 30.5 Å². The van der Waals surface area contributed by atoms with Crippen LogP contribution < -0.4 is 5.32 Å². The molecule has 0 aliphatic carbocycles. The molecule has 1 aliphatic rings. The molecule has 0 unspecified atom stereocenters. The molecule has 2 heteroatoms. The van der Waals surface area contributed by atoms with Crippen molar-refractivity contribution >= 4 is 5.57 Å². The van der Waals surface area contributed by atoms with Crippen molar-refractivity contribution in [1.82, 2.24) is 5.32 Å². The molecular weight excluding hydrogens is 198 g/mol. The number of benzene rings is 1. The molecule has 1 heterocycles.